The first-order chi connectivity index (χ1) is 11.3. The summed E-state index contributed by atoms with van der Waals surface area (Å²) in [7, 11) is -4.00. The van der Waals surface area contributed by atoms with E-state index in [1.165, 1.54) is 12.1 Å². The highest BCUT2D eigenvalue weighted by atomic mass is 32.2. The Kier molecular flexibility index (Phi) is 7.59. The van der Waals surface area contributed by atoms with Gasteiger partial charge in [0.15, 0.2) is 0 Å². The van der Waals surface area contributed by atoms with Crippen molar-refractivity contribution in [2.45, 2.75) is 37.5 Å². The normalized spacial score (nSPS) is 11.1. The maximum atomic E-state index is 11.2. The Morgan fingerprint density at radius 2 is 2.04 bits per heavy atom. The molecule has 0 unspecified atom stereocenters. The summed E-state index contributed by atoms with van der Waals surface area (Å²) >= 11 is 0. The van der Waals surface area contributed by atoms with Crippen molar-refractivity contribution in [2.75, 3.05) is 18.5 Å². The predicted molar refractivity (Wildman–Crippen MR) is 88.1 cm³/mol. The van der Waals surface area contributed by atoms with Gasteiger partial charge in [-0.05, 0) is 31.9 Å². The zero-order valence-electron chi connectivity index (χ0n) is 13.4. The molecule has 1 aromatic carbocycles. The summed E-state index contributed by atoms with van der Waals surface area (Å²) in [6.45, 7) is 2.56. The maximum absolute atomic E-state index is 11.2. The van der Waals surface area contributed by atoms with Crippen molar-refractivity contribution in [1.29, 1.82) is 0 Å². The smallest absolute Gasteiger partial charge is 0.305 e. The van der Waals surface area contributed by atoms with Crippen molar-refractivity contribution in [2.24, 2.45) is 5.14 Å². The zero-order valence-corrected chi connectivity index (χ0v) is 14.2. The fourth-order valence-electron chi connectivity index (χ4n) is 2.02. The molecule has 0 spiro atoms. The van der Waals surface area contributed by atoms with Gasteiger partial charge in [0.05, 0.1) is 16.4 Å². The number of hydrogen-bond donors (Lipinski definition) is 2. The van der Waals surface area contributed by atoms with Gasteiger partial charge in [-0.2, -0.15) is 0 Å². The van der Waals surface area contributed by atoms with E-state index >= 15 is 0 Å². The van der Waals surface area contributed by atoms with E-state index < -0.39 is 14.9 Å². The fourth-order valence-corrected chi connectivity index (χ4v) is 2.55. The maximum Gasteiger partial charge on any atom is 0.305 e. The minimum atomic E-state index is -4.00. The number of nitro benzene ring substituents is 1. The molecule has 24 heavy (non-hydrogen) atoms. The van der Waals surface area contributed by atoms with E-state index in [0.29, 0.717) is 32.4 Å². The van der Waals surface area contributed by atoms with Crippen LogP contribution in [0, 0.1) is 10.1 Å². The van der Waals surface area contributed by atoms with Crippen LogP contribution in [0.4, 0.5) is 11.4 Å². The number of nitro groups is 1. The van der Waals surface area contributed by atoms with Crippen LogP contribution in [0.1, 0.15) is 32.6 Å². The highest BCUT2D eigenvalue weighted by Crippen LogP contribution is 2.27. The van der Waals surface area contributed by atoms with Crippen LogP contribution in [-0.4, -0.2) is 32.5 Å². The number of rotatable bonds is 10. The molecular weight excluding hydrogens is 338 g/mol. The fraction of sp³-hybridized carbons (Fsp3) is 0.500. The van der Waals surface area contributed by atoms with Gasteiger partial charge in [-0.3, -0.25) is 14.9 Å². The third kappa shape index (κ3) is 6.50. The second kappa shape index (κ2) is 9.18. The summed E-state index contributed by atoms with van der Waals surface area (Å²) in [5.74, 6) is -0.236. The standard InChI is InChI=1S/C14H21N3O6S/c1-2-23-14(18)6-4-3-5-9-16-12-8-7-11(24(15,21)22)10-13(12)17(19)20/h7-8,10,16H,2-6,9H2,1H3,(H2,15,21,22). The number of carbonyl (C=O) groups is 1. The summed E-state index contributed by atoms with van der Waals surface area (Å²) in [4.78, 5) is 21.2. The van der Waals surface area contributed by atoms with Crippen LogP contribution in [0.5, 0.6) is 0 Å². The van der Waals surface area contributed by atoms with Crippen LogP contribution in [0.25, 0.3) is 0 Å². The molecule has 0 bridgehead atoms. The van der Waals surface area contributed by atoms with Gasteiger partial charge in [0, 0.05) is 19.0 Å². The first-order valence-electron chi connectivity index (χ1n) is 7.46. The average molecular weight is 359 g/mol. The van der Waals surface area contributed by atoms with E-state index in [0.717, 1.165) is 12.5 Å². The molecule has 0 saturated heterocycles. The van der Waals surface area contributed by atoms with E-state index in [-0.39, 0.29) is 22.2 Å². The number of benzene rings is 1. The number of unbranched alkanes of at least 4 members (excludes halogenated alkanes) is 2. The summed E-state index contributed by atoms with van der Waals surface area (Å²) in [6, 6.07) is 3.46. The van der Waals surface area contributed by atoms with E-state index in [1.807, 2.05) is 0 Å². The summed E-state index contributed by atoms with van der Waals surface area (Å²) < 4.78 is 27.3. The van der Waals surface area contributed by atoms with Crippen molar-refractivity contribution >= 4 is 27.4 Å². The minimum absolute atomic E-state index is 0.220. The molecule has 10 heteroatoms. The Morgan fingerprint density at radius 1 is 1.33 bits per heavy atom. The second-order valence-electron chi connectivity index (χ2n) is 5.02. The number of nitrogens with zero attached hydrogens (tertiary/aromatic N) is 1. The molecule has 1 rings (SSSR count). The molecule has 134 valence electrons. The van der Waals surface area contributed by atoms with E-state index in [1.54, 1.807) is 6.92 Å². The first-order valence-corrected chi connectivity index (χ1v) is 9.01. The Morgan fingerprint density at radius 3 is 2.62 bits per heavy atom. The molecule has 9 nitrogen and oxygen atoms in total. The van der Waals surface area contributed by atoms with Gasteiger partial charge in [-0.15, -0.1) is 0 Å². The monoisotopic (exact) mass is 359 g/mol. The molecular formula is C14H21N3O6S. The Bertz CT molecular complexity index is 690. The van der Waals surface area contributed by atoms with Gasteiger partial charge in [-0.25, -0.2) is 13.6 Å². The molecule has 0 radical (unpaired) electrons. The summed E-state index contributed by atoms with van der Waals surface area (Å²) in [5.41, 5.74) is -0.133. The quantitative estimate of drug-likeness (QED) is 0.280. The SMILES string of the molecule is CCOC(=O)CCCCCNc1ccc(S(N)(=O)=O)cc1[N+](=O)[O-]. The van der Waals surface area contributed by atoms with Crippen LogP contribution >= 0.6 is 0 Å². The van der Waals surface area contributed by atoms with Gasteiger partial charge in [-0.1, -0.05) is 6.42 Å². The third-order valence-electron chi connectivity index (χ3n) is 3.17. The van der Waals surface area contributed by atoms with Crippen LogP contribution in [-0.2, 0) is 19.6 Å². The van der Waals surface area contributed by atoms with E-state index in [9.17, 15) is 23.3 Å². The van der Waals surface area contributed by atoms with Crippen molar-refractivity contribution < 1.29 is 22.9 Å². The molecule has 0 aliphatic heterocycles. The Hall–Kier alpha value is -2.20. The highest BCUT2D eigenvalue weighted by Gasteiger charge is 2.18. The van der Waals surface area contributed by atoms with Crippen LogP contribution in [0.15, 0.2) is 23.1 Å². The molecule has 1 aromatic rings. The topological polar surface area (TPSA) is 142 Å². The van der Waals surface area contributed by atoms with Gasteiger partial charge < -0.3 is 10.1 Å². The molecule has 0 amide bonds. The average Bonchev–Trinajstić information content (AvgIpc) is 2.49. The minimum Gasteiger partial charge on any atom is -0.466 e. The molecule has 0 aromatic heterocycles. The number of primary sulfonamides is 1. The number of anilines is 1. The third-order valence-corrected chi connectivity index (χ3v) is 4.08. The van der Waals surface area contributed by atoms with Gasteiger partial charge in [0.25, 0.3) is 5.69 Å². The number of nitrogens with two attached hydrogens (primary N) is 1. The molecule has 0 aliphatic carbocycles. The lowest BCUT2D eigenvalue weighted by atomic mass is 10.2. The van der Waals surface area contributed by atoms with Crippen molar-refractivity contribution in [1.82, 2.24) is 0 Å². The lowest BCUT2D eigenvalue weighted by Gasteiger charge is -2.08. The van der Waals surface area contributed by atoms with Crippen molar-refractivity contribution in [3.8, 4) is 0 Å². The molecule has 0 heterocycles. The number of hydrogen-bond acceptors (Lipinski definition) is 7. The summed E-state index contributed by atoms with van der Waals surface area (Å²) in [6.07, 6.45) is 2.48. The van der Waals surface area contributed by atoms with E-state index in [2.05, 4.69) is 5.32 Å². The summed E-state index contributed by atoms with van der Waals surface area (Å²) in [5, 5.41) is 18.9. The van der Waals surface area contributed by atoms with Crippen LogP contribution in [0.3, 0.4) is 0 Å². The van der Waals surface area contributed by atoms with Gasteiger partial charge >= 0.3 is 5.97 Å². The zero-order chi connectivity index (χ0) is 18.2. The highest BCUT2D eigenvalue weighted by molar-refractivity contribution is 7.89. The first kappa shape index (κ1) is 19.8. The van der Waals surface area contributed by atoms with Crippen molar-refractivity contribution in [3.63, 3.8) is 0 Å². The van der Waals surface area contributed by atoms with Crippen LogP contribution < -0.4 is 10.5 Å². The second-order valence-corrected chi connectivity index (χ2v) is 6.58. The van der Waals surface area contributed by atoms with Gasteiger partial charge in [0.2, 0.25) is 10.0 Å². The number of esters is 1. The van der Waals surface area contributed by atoms with Crippen LogP contribution in [0.2, 0.25) is 0 Å². The molecule has 0 fully saturated rings. The molecule has 0 aliphatic rings. The lowest BCUT2D eigenvalue weighted by Crippen LogP contribution is -2.13. The largest absolute Gasteiger partial charge is 0.466 e. The number of carbonyl (C=O) groups excluding carboxylic acids is 1. The number of nitrogens with one attached hydrogen (secondary N) is 1. The predicted octanol–water partition coefficient (Wildman–Crippen LogP) is 1.78. The van der Waals surface area contributed by atoms with Gasteiger partial charge in [0.1, 0.15) is 5.69 Å². The van der Waals surface area contributed by atoms with E-state index in [4.69, 9.17) is 9.88 Å². The molecule has 3 N–H and O–H groups in total. The lowest BCUT2D eigenvalue weighted by molar-refractivity contribution is -0.384. The number of sulfonamides is 1. The Balaban J connectivity index is 2.53. The van der Waals surface area contributed by atoms with Crippen molar-refractivity contribution in [3.05, 3.63) is 28.3 Å². The molecule has 0 saturated carbocycles. The number of ether oxygens (including phenoxy) is 1. The Labute approximate surface area is 140 Å². The molecule has 0 atom stereocenters.